The van der Waals surface area contributed by atoms with Crippen molar-refractivity contribution >= 4 is 11.8 Å². The van der Waals surface area contributed by atoms with E-state index in [0.29, 0.717) is 38.1 Å². The molecule has 0 atom stereocenters. The van der Waals surface area contributed by atoms with E-state index in [-0.39, 0.29) is 5.97 Å². The molecule has 0 saturated carbocycles. The summed E-state index contributed by atoms with van der Waals surface area (Å²) in [7, 11) is 0. The van der Waals surface area contributed by atoms with Crippen molar-refractivity contribution in [1.82, 2.24) is 0 Å². The first-order chi connectivity index (χ1) is 8.29. The molecule has 1 aliphatic heterocycles. The predicted molar refractivity (Wildman–Crippen MR) is 66.8 cm³/mol. The van der Waals surface area contributed by atoms with Crippen LogP contribution in [0.4, 0.5) is 0 Å². The number of Topliss-reactive ketones (excluding diaryl/α,β-unsaturated/α-hetero) is 1. The summed E-state index contributed by atoms with van der Waals surface area (Å²) >= 11 is 0. The van der Waals surface area contributed by atoms with Crippen LogP contribution in [0.5, 0.6) is 0 Å². The van der Waals surface area contributed by atoms with Gasteiger partial charge in [-0.3, -0.25) is 9.59 Å². The minimum atomic E-state index is -0.146. The maximum absolute atomic E-state index is 11.5. The number of carbonyl (C=O) groups excluding carboxylic acids is 2. The third-order valence-electron chi connectivity index (χ3n) is 3.20. The van der Waals surface area contributed by atoms with E-state index in [1.807, 2.05) is 0 Å². The van der Waals surface area contributed by atoms with Crippen molar-refractivity contribution in [2.75, 3.05) is 6.61 Å². The fourth-order valence-electron chi connectivity index (χ4n) is 2.12. The lowest BCUT2D eigenvalue weighted by Crippen LogP contribution is -2.07. The number of rotatable bonds is 0. The molecule has 98 valence electrons. The van der Waals surface area contributed by atoms with Gasteiger partial charge in [0.25, 0.3) is 0 Å². The highest BCUT2D eigenvalue weighted by atomic mass is 16.5. The summed E-state index contributed by atoms with van der Waals surface area (Å²) in [5.74, 6) is 0.153. The van der Waals surface area contributed by atoms with Crippen LogP contribution in [0.15, 0.2) is 0 Å². The molecule has 3 heteroatoms. The highest BCUT2D eigenvalue weighted by Crippen LogP contribution is 2.11. The molecule has 0 aromatic carbocycles. The van der Waals surface area contributed by atoms with Gasteiger partial charge < -0.3 is 4.74 Å². The number of carbonyl (C=O) groups is 2. The average Bonchev–Trinajstić information content (AvgIpc) is 2.31. The lowest BCUT2D eigenvalue weighted by Gasteiger charge is -2.04. The molecule has 3 nitrogen and oxygen atoms in total. The summed E-state index contributed by atoms with van der Waals surface area (Å²) in [6, 6.07) is 0. The van der Waals surface area contributed by atoms with E-state index in [2.05, 4.69) is 0 Å². The van der Waals surface area contributed by atoms with Crippen molar-refractivity contribution in [3.8, 4) is 0 Å². The van der Waals surface area contributed by atoms with Gasteiger partial charge in [0.05, 0.1) is 6.61 Å². The number of ketones is 1. The van der Waals surface area contributed by atoms with Crippen LogP contribution >= 0.6 is 0 Å². The van der Waals surface area contributed by atoms with Crippen LogP contribution in [0, 0.1) is 0 Å². The predicted octanol–water partition coefficient (Wildman–Crippen LogP) is 3.40. The fourth-order valence-corrected chi connectivity index (χ4v) is 2.12. The van der Waals surface area contributed by atoms with Gasteiger partial charge in [-0.2, -0.15) is 0 Å². The minimum absolute atomic E-state index is 0.146. The zero-order valence-electron chi connectivity index (χ0n) is 10.7. The summed E-state index contributed by atoms with van der Waals surface area (Å²) in [5.41, 5.74) is 0. The topological polar surface area (TPSA) is 43.4 Å². The maximum Gasteiger partial charge on any atom is 0.305 e. The smallest absolute Gasteiger partial charge is 0.305 e. The van der Waals surface area contributed by atoms with Crippen molar-refractivity contribution in [3.05, 3.63) is 0 Å². The largest absolute Gasteiger partial charge is 0.466 e. The molecule has 1 fully saturated rings. The monoisotopic (exact) mass is 240 g/mol. The van der Waals surface area contributed by atoms with Crippen LogP contribution in [-0.4, -0.2) is 18.4 Å². The van der Waals surface area contributed by atoms with E-state index in [1.165, 1.54) is 25.7 Å². The van der Waals surface area contributed by atoms with Crippen LogP contribution in [0.25, 0.3) is 0 Å². The SMILES string of the molecule is O=C1CCCCCCCCCOC(=O)CCC1. The summed E-state index contributed by atoms with van der Waals surface area (Å²) < 4.78 is 5.10. The van der Waals surface area contributed by atoms with Gasteiger partial charge in [0.1, 0.15) is 5.78 Å². The molecule has 1 rings (SSSR count). The van der Waals surface area contributed by atoms with Crippen LogP contribution in [-0.2, 0) is 14.3 Å². The van der Waals surface area contributed by atoms with E-state index in [4.69, 9.17) is 4.74 Å². The molecule has 1 saturated heterocycles. The second-order valence-electron chi connectivity index (χ2n) is 4.84. The molecule has 0 bridgehead atoms. The molecule has 1 heterocycles. The lowest BCUT2D eigenvalue weighted by molar-refractivity contribution is -0.143. The Kier molecular flexibility index (Phi) is 7.69. The van der Waals surface area contributed by atoms with E-state index in [0.717, 1.165) is 19.3 Å². The van der Waals surface area contributed by atoms with Crippen LogP contribution in [0.2, 0.25) is 0 Å². The number of hydrogen-bond donors (Lipinski definition) is 0. The van der Waals surface area contributed by atoms with Crippen LogP contribution in [0.1, 0.15) is 70.6 Å². The second kappa shape index (κ2) is 9.20. The maximum atomic E-state index is 11.5. The molecule has 0 aromatic rings. The van der Waals surface area contributed by atoms with Gasteiger partial charge in [-0.05, 0) is 19.3 Å². The minimum Gasteiger partial charge on any atom is -0.466 e. The van der Waals surface area contributed by atoms with Crippen LogP contribution in [0.3, 0.4) is 0 Å². The molecule has 0 N–H and O–H groups in total. The van der Waals surface area contributed by atoms with Crippen molar-refractivity contribution in [2.45, 2.75) is 70.6 Å². The molecule has 0 radical (unpaired) electrons. The second-order valence-corrected chi connectivity index (χ2v) is 4.84. The van der Waals surface area contributed by atoms with Crippen molar-refractivity contribution < 1.29 is 14.3 Å². The van der Waals surface area contributed by atoms with E-state index in [1.54, 1.807) is 0 Å². The van der Waals surface area contributed by atoms with E-state index in [9.17, 15) is 9.59 Å². The number of esters is 1. The summed E-state index contributed by atoms with van der Waals surface area (Å²) in [5, 5.41) is 0. The number of cyclic esters (lactones) is 1. The average molecular weight is 240 g/mol. The Balaban J connectivity index is 2.24. The summed E-state index contributed by atoms with van der Waals surface area (Å²) in [6.07, 6.45) is 10.3. The Bertz CT molecular complexity index is 212. The first-order valence-electron chi connectivity index (χ1n) is 6.96. The molecule has 0 aliphatic carbocycles. The third kappa shape index (κ3) is 7.94. The van der Waals surface area contributed by atoms with Crippen molar-refractivity contribution in [3.63, 3.8) is 0 Å². The highest BCUT2D eigenvalue weighted by molar-refractivity contribution is 5.79. The molecule has 0 unspecified atom stereocenters. The van der Waals surface area contributed by atoms with Crippen molar-refractivity contribution in [2.24, 2.45) is 0 Å². The Hall–Kier alpha value is -0.860. The van der Waals surface area contributed by atoms with Gasteiger partial charge in [0, 0.05) is 19.3 Å². The van der Waals surface area contributed by atoms with Gasteiger partial charge in [-0.1, -0.05) is 32.1 Å². The lowest BCUT2D eigenvalue weighted by atomic mass is 10.0. The van der Waals surface area contributed by atoms with Gasteiger partial charge in [-0.15, -0.1) is 0 Å². The summed E-state index contributed by atoms with van der Waals surface area (Å²) in [6.45, 7) is 0.548. The molecule has 17 heavy (non-hydrogen) atoms. The van der Waals surface area contributed by atoms with Crippen LogP contribution < -0.4 is 0 Å². The molecular formula is C14H24O3. The van der Waals surface area contributed by atoms with Crippen molar-refractivity contribution in [1.29, 1.82) is 0 Å². The Labute approximate surface area is 104 Å². The van der Waals surface area contributed by atoms with Gasteiger partial charge in [-0.25, -0.2) is 0 Å². The fraction of sp³-hybridized carbons (Fsp3) is 0.857. The first-order valence-corrected chi connectivity index (χ1v) is 6.96. The Morgan fingerprint density at radius 2 is 1.24 bits per heavy atom. The number of hydrogen-bond acceptors (Lipinski definition) is 3. The quantitative estimate of drug-likeness (QED) is 0.609. The van der Waals surface area contributed by atoms with E-state index >= 15 is 0 Å². The molecule has 0 amide bonds. The Morgan fingerprint density at radius 1 is 0.647 bits per heavy atom. The highest BCUT2D eigenvalue weighted by Gasteiger charge is 2.07. The number of ether oxygens (including phenoxy) is 1. The summed E-state index contributed by atoms with van der Waals surface area (Å²) in [4.78, 5) is 22.8. The first kappa shape index (κ1) is 14.2. The normalized spacial score (nSPS) is 22.4. The standard InChI is InChI=1S/C14H24O3/c15-13-9-6-4-2-1-3-5-7-12-17-14(16)11-8-10-13/h1-12H2. The van der Waals surface area contributed by atoms with Gasteiger partial charge in [0.2, 0.25) is 0 Å². The zero-order chi connectivity index (χ0) is 12.3. The van der Waals surface area contributed by atoms with E-state index < -0.39 is 0 Å². The van der Waals surface area contributed by atoms with Gasteiger partial charge >= 0.3 is 5.97 Å². The molecular weight excluding hydrogens is 216 g/mol. The zero-order valence-corrected chi connectivity index (χ0v) is 10.7. The Morgan fingerprint density at radius 3 is 2.00 bits per heavy atom. The molecule has 0 spiro atoms. The molecule has 0 aromatic heterocycles. The van der Waals surface area contributed by atoms with Gasteiger partial charge in [0.15, 0.2) is 0 Å². The third-order valence-corrected chi connectivity index (χ3v) is 3.20. The molecule has 1 aliphatic rings.